The second-order valence-electron chi connectivity index (χ2n) is 3.66. The molecule has 0 aliphatic carbocycles. The molecule has 2 aromatic rings. The molecule has 0 atom stereocenters. The van der Waals surface area contributed by atoms with Crippen LogP contribution in [0.1, 0.15) is 4.88 Å². The molecule has 1 heterocycles. The van der Waals surface area contributed by atoms with Crippen molar-refractivity contribution in [1.29, 1.82) is 0 Å². The molecular formula is C13H13Cl2NOS. The zero-order valence-electron chi connectivity index (χ0n) is 9.66. The number of thiophene rings is 1. The molecule has 2 nitrogen and oxygen atoms in total. The summed E-state index contributed by atoms with van der Waals surface area (Å²) in [7, 11) is 0. The van der Waals surface area contributed by atoms with Gasteiger partial charge in [-0.1, -0.05) is 35.3 Å². The van der Waals surface area contributed by atoms with Gasteiger partial charge >= 0.3 is 0 Å². The third-order valence-electron chi connectivity index (χ3n) is 2.32. The van der Waals surface area contributed by atoms with E-state index in [1.54, 1.807) is 29.5 Å². The minimum absolute atomic E-state index is 0.537. The van der Waals surface area contributed by atoms with Crippen molar-refractivity contribution < 1.29 is 4.74 Å². The van der Waals surface area contributed by atoms with Gasteiger partial charge in [0.1, 0.15) is 6.61 Å². The summed E-state index contributed by atoms with van der Waals surface area (Å²) in [6.45, 7) is 2.14. The highest BCUT2D eigenvalue weighted by Crippen LogP contribution is 2.32. The molecule has 1 N–H and O–H groups in total. The number of rotatable bonds is 6. The fourth-order valence-electron chi connectivity index (χ4n) is 1.47. The quantitative estimate of drug-likeness (QED) is 0.807. The van der Waals surface area contributed by atoms with Crippen LogP contribution < -0.4 is 10.1 Å². The zero-order chi connectivity index (χ0) is 12.8. The molecule has 0 saturated heterocycles. The lowest BCUT2D eigenvalue weighted by Crippen LogP contribution is -2.20. The van der Waals surface area contributed by atoms with Crippen LogP contribution in [-0.4, -0.2) is 13.2 Å². The van der Waals surface area contributed by atoms with E-state index in [-0.39, 0.29) is 0 Å². The molecule has 0 amide bonds. The number of benzene rings is 1. The number of hydrogen-bond acceptors (Lipinski definition) is 3. The van der Waals surface area contributed by atoms with Crippen LogP contribution in [0, 0.1) is 0 Å². The predicted molar refractivity (Wildman–Crippen MR) is 78.0 cm³/mol. The largest absolute Gasteiger partial charge is 0.489 e. The molecule has 96 valence electrons. The number of para-hydroxylation sites is 1. The first-order chi connectivity index (χ1) is 8.77. The van der Waals surface area contributed by atoms with Crippen LogP contribution in [0.15, 0.2) is 35.7 Å². The Morgan fingerprint density at radius 1 is 1.11 bits per heavy atom. The van der Waals surface area contributed by atoms with Gasteiger partial charge < -0.3 is 10.1 Å². The first kappa shape index (κ1) is 13.7. The lowest BCUT2D eigenvalue weighted by atomic mass is 10.3. The average molecular weight is 302 g/mol. The van der Waals surface area contributed by atoms with Gasteiger partial charge in [-0.05, 0) is 23.6 Å². The Kier molecular flexibility index (Phi) is 5.32. The van der Waals surface area contributed by atoms with Gasteiger partial charge in [0.15, 0.2) is 5.75 Å². The summed E-state index contributed by atoms with van der Waals surface area (Å²) < 4.78 is 5.56. The zero-order valence-corrected chi connectivity index (χ0v) is 12.0. The standard InChI is InChI=1S/C13H13Cl2NOS/c14-11-4-1-5-12(15)13(11)17-7-6-16-9-10-3-2-8-18-10/h1-5,8,16H,6-7,9H2. The molecule has 1 aromatic carbocycles. The first-order valence-electron chi connectivity index (χ1n) is 5.57. The van der Waals surface area contributed by atoms with E-state index < -0.39 is 0 Å². The topological polar surface area (TPSA) is 21.3 Å². The minimum atomic E-state index is 0.537. The van der Waals surface area contributed by atoms with Crippen LogP contribution in [0.5, 0.6) is 5.75 Å². The van der Waals surface area contributed by atoms with Crippen LogP contribution in [-0.2, 0) is 6.54 Å². The lowest BCUT2D eigenvalue weighted by Gasteiger charge is -2.10. The third-order valence-corrected chi connectivity index (χ3v) is 3.80. The van der Waals surface area contributed by atoms with Gasteiger partial charge in [-0.25, -0.2) is 0 Å². The maximum absolute atomic E-state index is 6.00. The van der Waals surface area contributed by atoms with Crippen LogP contribution in [0.25, 0.3) is 0 Å². The van der Waals surface area contributed by atoms with Crippen molar-refractivity contribution in [2.24, 2.45) is 0 Å². The number of hydrogen-bond donors (Lipinski definition) is 1. The molecule has 0 radical (unpaired) electrons. The van der Waals surface area contributed by atoms with E-state index in [9.17, 15) is 0 Å². The monoisotopic (exact) mass is 301 g/mol. The van der Waals surface area contributed by atoms with Crippen LogP contribution in [0.3, 0.4) is 0 Å². The van der Waals surface area contributed by atoms with Crippen molar-refractivity contribution in [1.82, 2.24) is 5.32 Å². The minimum Gasteiger partial charge on any atom is -0.489 e. The van der Waals surface area contributed by atoms with E-state index in [0.717, 1.165) is 13.1 Å². The third kappa shape index (κ3) is 3.89. The Balaban J connectivity index is 1.72. The second kappa shape index (κ2) is 7.00. The van der Waals surface area contributed by atoms with Crippen molar-refractivity contribution >= 4 is 34.5 Å². The Morgan fingerprint density at radius 3 is 2.56 bits per heavy atom. The number of nitrogens with one attached hydrogen (secondary N) is 1. The molecule has 18 heavy (non-hydrogen) atoms. The summed E-state index contributed by atoms with van der Waals surface area (Å²) in [6, 6.07) is 9.47. The van der Waals surface area contributed by atoms with Crippen LogP contribution >= 0.6 is 34.5 Å². The molecule has 0 unspecified atom stereocenters. The summed E-state index contributed by atoms with van der Waals surface area (Å²) >= 11 is 13.7. The van der Waals surface area contributed by atoms with E-state index in [1.165, 1.54) is 4.88 Å². The van der Waals surface area contributed by atoms with E-state index in [0.29, 0.717) is 22.4 Å². The van der Waals surface area contributed by atoms with Gasteiger partial charge in [-0.2, -0.15) is 0 Å². The smallest absolute Gasteiger partial charge is 0.156 e. The van der Waals surface area contributed by atoms with E-state index in [4.69, 9.17) is 27.9 Å². The maximum atomic E-state index is 6.00. The summed E-state index contributed by atoms with van der Waals surface area (Å²) in [4.78, 5) is 1.31. The molecule has 0 bridgehead atoms. The van der Waals surface area contributed by atoms with Crippen molar-refractivity contribution in [3.8, 4) is 5.75 Å². The molecular weight excluding hydrogens is 289 g/mol. The first-order valence-corrected chi connectivity index (χ1v) is 7.21. The molecule has 1 aromatic heterocycles. The lowest BCUT2D eigenvalue weighted by molar-refractivity contribution is 0.314. The average Bonchev–Trinajstić information content (AvgIpc) is 2.85. The summed E-state index contributed by atoms with van der Waals surface area (Å²) in [6.07, 6.45) is 0. The maximum Gasteiger partial charge on any atom is 0.156 e. The second-order valence-corrected chi connectivity index (χ2v) is 5.50. The normalized spacial score (nSPS) is 10.6. The van der Waals surface area contributed by atoms with Gasteiger partial charge in [-0.3, -0.25) is 0 Å². The summed E-state index contributed by atoms with van der Waals surface area (Å²) in [5.74, 6) is 0.554. The molecule has 5 heteroatoms. The Morgan fingerprint density at radius 2 is 1.89 bits per heavy atom. The highest BCUT2D eigenvalue weighted by Gasteiger charge is 2.05. The summed E-state index contributed by atoms with van der Waals surface area (Å²) in [5.41, 5.74) is 0. The van der Waals surface area contributed by atoms with Gasteiger partial charge in [-0.15, -0.1) is 11.3 Å². The van der Waals surface area contributed by atoms with Gasteiger partial charge in [0.25, 0.3) is 0 Å². The Bertz CT molecular complexity index is 467. The molecule has 0 spiro atoms. The van der Waals surface area contributed by atoms with E-state index in [2.05, 4.69) is 16.8 Å². The Labute approximate surface area is 120 Å². The molecule has 0 fully saturated rings. The van der Waals surface area contributed by atoms with E-state index in [1.807, 2.05) is 6.07 Å². The SMILES string of the molecule is Clc1cccc(Cl)c1OCCNCc1cccs1. The molecule has 0 aliphatic heterocycles. The van der Waals surface area contributed by atoms with Gasteiger partial charge in [0, 0.05) is 18.0 Å². The van der Waals surface area contributed by atoms with E-state index >= 15 is 0 Å². The van der Waals surface area contributed by atoms with Gasteiger partial charge in [0.2, 0.25) is 0 Å². The van der Waals surface area contributed by atoms with Crippen molar-refractivity contribution in [2.75, 3.05) is 13.2 Å². The number of halogens is 2. The fraction of sp³-hybridized carbons (Fsp3) is 0.231. The molecule has 0 saturated carbocycles. The molecule has 2 rings (SSSR count). The predicted octanol–water partition coefficient (Wildman–Crippen LogP) is 4.22. The van der Waals surface area contributed by atoms with Gasteiger partial charge in [0.05, 0.1) is 10.0 Å². The van der Waals surface area contributed by atoms with Crippen molar-refractivity contribution in [3.63, 3.8) is 0 Å². The highest BCUT2D eigenvalue weighted by molar-refractivity contribution is 7.09. The van der Waals surface area contributed by atoms with Crippen LogP contribution in [0.2, 0.25) is 10.0 Å². The Hall–Kier alpha value is -0.740. The summed E-state index contributed by atoms with van der Waals surface area (Å²) in [5, 5.41) is 6.45. The molecule has 0 aliphatic rings. The fourth-order valence-corrected chi connectivity index (χ4v) is 2.65. The van der Waals surface area contributed by atoms with Crippen molar-refractivity contribution in [2.45, 2.75) is 6.54 Å². The number of ether oxygens (including phenoxy) is 1. The van der Waals surface area contributed by atoms with Crippen LogP contribution in [0.4, 0.5) is 0 Å². The highest BCUT2D eigenvalue weighted by atomic mass is 35.5. The van der Waals surface area contributed by atoms with Crippen molar-refractivity contribution in [3.05, 3.63) is 50.6 Å².